The summed E-state index contributed by atoms with van der Waals surface area (Å²) in [5.41, 5.74) is 1.55. The van der Waals surface area contributed by atoms with Crippen LogP contribution in [0, 0.1) is 6.92 Å². The van der Waals surface area contributed by atoms with E-state index in [1.54, 1.807) is 17.9 Å². The third kappa shape index (κ3) is 3.73. The molecule has 9 heteroatoms. The lowest BCUT2D eigenvalue weighted by Gasteiger charge is -2.36. The highest BCUT2D eigenvalue weighted by Crippen LogP contribution is 2.29. The third-order valence-electron chi connectivity index (χ3n) is 4.30. The van der Waals surface area contributed by atoms with Crippen LogP contribution in [0.3, 0.4) is 0 Å². The molecule has 1 saturated heterocycles. The van der Waals surface area contributed by atoms with Gasteiger partial charge in [-0.2, -0.15) is 22.5 Å². The highest BCUT2D eigenvalue weighted by atomic mass is 32.2. The van der Waals surface area contributed by atoms with E-state index in [-0.39, 0.29) is 11.9 Å². The maximum atomic E-state index is 12.5. The number of hydrogen-bond donors (Lipinski definition) is 2. The molecule has 1 aromatic heterocycles. The van der Waals surface area contributed by atoms with Crippen LogP contribution in [-0.2, 0) is 22.1 Å². The van der Waals surface area contributed by atoms with Crippen molar-refractivity contribution < 1.29 is 13.2 Å². The van der Waals surface area contributed by atoms with Gasteiger partial charge in [-0.15, -0.1) is 0 Å². The van der Waals surface area contributed by atoms with Gasteiger partial charge in [0.15, 0.2) is 0 Å². The molecule has 1 aromatic rings. The second kappa shape index (κ2) is 6.58. The monoisotopic (exact) mass is 343 g/mol. The molecule has 0 aromatic carbocycles. The molecular weight excluding hydrogens is 318 g/mol. The molecule has 2 N–H and O–H groups in total. The zero-order chi connectivity index (χ0) is 17.4. The van der Waals surface area contributed by atoms with Crippen LogP contribution in [0.25, 0.3) is 0 Å². The Morgan fingerprint density at radius 1 is 1.52 bits per heavy atom. The summed E-state index contributed by atoms with van der Waals surface area (Å²) >= 11 is 0. The normalized spacial score (nSPS) is 26.0. The Hall–Kier alpha value is -1.45. The Kier molecular flexibility index (Phi) is 5.12. The first kappa shape index (κ1) is 17.9. The molecule has 2 rings (SSSR count). The summed E-state index contributed by atoms with van der Waals surface area (Å²) < 4.78 is 30.1. The second-order valence-corrected chi connectivity index (χ2v) is 7.87. The molecule has 130 valence electrons. The number of nitrogens with zero attached hydrogens (tertiary/aromatic N) is 3. The lowest BCUT2D eigenvalue weighted by Crippen LogP contribution is -2.58. The van der Waals surface area contributed by atoms with Crippen molar-refractivity contribution in [1.29, 1.82) is 0 Å². The van der Waals surface area contributed by atoms with Gasteiger partial charge in [0.05, 0.1) is 11.7 Å². The predicted octanol–water partition coefficient (Wildman–Crippen LogP) is 0.223. The molecule has 8 nitrogen and oxygen atoms in total. The van der Waals surface area contributed by atoms with Gasteiger partial charge >= 0.3 is 0 Å². The number of aryl methyl sites for hydroxylation is 2. The molecule has 2 heterocycles. The van der Waals surface area contributed by atoms with Crippen molar-refractivity contribution in [3.05, 3.63) is 17.5 Å². The first-order valence-electron chi connectivity index (χ1n) is 7.71. The number of aromatic nitrogens is 2. The summed E-state index contributed by atoms with van der Waals surface area (Å²) in [7, 11) is -0.507. The number of carbonyl (C=O) groups excluding carboxylic acids is 1. The largest absolute Gasteiger partial charge is 0.352 e. The standard InChI is InChI=1S/C14H25N5O3S/c1-6-9(2)15-14(20)13-7-12(17-23(21,22)19(13)5)11-8-18(4)16-10(11)3/h8-9,12-13,17H,6-7H2,1-5H3,(H,15,20)/t9-,12+,13+/m0/s1. The summed E-state index contributed by atoms with van der Waals surface area (Å²) in [5.74, 6) is -0.265. The van der Waals surface area contributed by atoms with Crippen LogP contribution in [0.2, 0.25) is 0 Å². The first-order chi connectivity index (χ1) is 10.7. The van der Waals surface area contributed by atoms with Gasteiger partial charge in [0, 0.05) is 31.9 Å². The summed E-state index contributed by atoms with van der Waals surface area (Å²) in [5, 5.41) is 7.12. The van der Waals surface area contributed by atoms with E-state index in [1.165, 1.54) is 7.05 Å². The minimum absolute atomic E-state index is 0.00654. The summed E-state index contributed by atoms with van der Waals surface area (Å²) in [6, 6.07) is -1.19. The van der Waals surface area contributed by atoms with Crippen LogP contribution in [0.4, 0.5) is 0 Å². The van der Waals surface area contributed by atoms with Crippen molar-refractivity contribution >= 4 is 16.1 Å². The van der Waals surface area contributed by atoms with E-state index in [0.717, 1.165) is 22.0 Å². The van der Waals surface area contributed by atoms with Crippen molar-refractivity contribution in [2.75, 3.05) is 7.05 Å². The third-order valence-corrected chi connectivity index (χ3v) is 5.89. The molecule has 0 unspecified atom stereocenters. The van der Waals surface area contributed by atoms with Crippen LogP contribution in [0.5, 0.6) is 0 Å². The number of hydrogen-bond acceptors (Lipinski definition) is 4. The molecule has 0 saturated carbocycles. The lowest BCUT2D eigenvalue weighted by atomic mass is 10.00. The fraction of sp³-hybridized carbons (Fsp3) is 0.714. The first-order valence-corrected chi connectivity index (χ1v) is 9.15. The molecule has 3 atom stereocenters. The maximum Gasteiger partial charge on any atom is 0.280 e. The Labute approximate surface area is 137 Å². The Morgan fingerprint density at radius 2 is 2.17 bits per heavy atom. The Bertz CT molecular complexity index is 685. The van der Waals surface area contributed by atoms with Gasteiger partial charge in [-0.05, 0) is 26.7 Å². The average molecular weight is 343 g/mol. The van der Waals surface area contributed by atoms with E-state index in [2.05, 4.69) is 15.1 Å². The van der Waals surface area contributed by atoms with E-state index < -0.39 is 22.3 Å². The van der Waals surface area contributed by atoms with E-state index >= 15 is 0 Å². The average Bonchev–Trinajstić information content (AvgIpc) is 2.80. The van der Waals surface area contributed by atoms with Crippen LogP contribution in [0.1, 0.15) is 44.0 Å². The minimum atomic E-state index is -3.72. The van der Waals surface area contributed by atoms with Crippen molar-refractivity contribution in [3.63, 3.8) is 0 Å². The Morgan fingerprint density at radius 3 is 2.70 bits per heavy atom. The molecule has 1 aliphatic heterocycles. The van der Waals surface area contributed by atoms with Gasteiger partial charge in [-0.3, -0.25) is 9.48 Å². The fourth-order valence-corrected chi connectivity index (χ4v) is 3.98. The van der Waals surface area contributed by atoms with Crippen LogP contribution < -0.4 is 10.0 Å². The number of carbonyl (C=O) groups is 1. The molecule has 0 spiro atoms. The van der Waals surface area contributed by atoms with Crippen LogP contribution in [0.15, 0.2) is 6.20 Å². The van der Waals surface area contributed by atoms with Gasteiger partial charge in [-0.25, -0.2) is 0 Å². The molecule has 0 bridgehead atoms. The minimum Gasteiger partial charge on any atom is -0.352 e. The van der Waals surface area contributed by atoms with E-state index in [0.29, 0.717) is 6.42 Å². The summed E-state index contributed by atoms with van der Waals surface area (Å²) in [4.78, 5) is 12.5. The molecular formula is C14H25N5O3S. The highest BCUT2D eigenvalue weighted by molar-refractivity contribution is 7.87. The Balaban J connectivity index is 2.28. The molecule has 1 aliphatic rings. The van der Waals surface area contributed by atoms with Crippen molar-refractivity contribution in [2.45, 2.75) is 51.7 Å². The number of rotatable bonds is 4. The molecule has 1 fully saturated rings. The van der Waals surface area contributed by atoms with Crippen molar-refractivity contribution in [2.24, 2.45) is 7.05 Å². The maximum absolute atomic E-state index is 12.5. The zero-order valence-electron chi connectivity index (χ0n) is 14.2. The number of amides is 1. The zero-order valence-corrected chi connectivity index (χ0v) is 15.0. The van der Waals surface area contributed by atoms with Crippen LogP contribution >= 0.6 is 0 Å². The molecule has 0 radical (unpaired) electrons. The molecule has 23 heavy (non-hydrogen) atoms. The second-order valence-electron chi connectivity index (χ2n) is 6.10. The van der Waals surface area contributed by atoms with Crippen LogP contribution in [-0.4, -0.2) is 47.5 Å². The quantitative estimate of drug-likeness (QED) is 0.817. The summed E-state index contributed by atoms with van der Waals surface area (Å²) in [6.45, 7) is 5.70. The number of likely N-dealkylation sites (N-methyl/N-ethyl adjacent to an activating group) is 1. The number of nitrogens with one attached hydrogen (secondary N) is 2. The predicted molar refractivity (Wildman–Crippen MR) is 86.8 cm³/mol. The molecule has 1 amide bonds. The van der Waals surface area contributed by atoms with Gasteiger partial charge in [0.2, 0.25) is 5.91 Å². The smallest absolute Gasteiger partial charge is 0.280 e. The SMILES string of the molecule is CC[C@H](C)NC(=O)[C@H]1C[C@H](c2cn(C)nc2C)NS(=O)(=O)N1C. The fourth-order valence-electron chi connectivity index (χ4n) is 2.71. The van der Waals surface area contributed by atoms with Gasteiger partial charge in [-0.1, -0.05) is 6.92 Å². The molecule has 0 aliphatic carbocycles. The van der Waals surface area contributed by atoms with E-state index in [9.17, 15) is 13.2 Å². The lowest BCUT2D eigenvalue weighted by molar-refractivity contribution is -0.125. The van der Waals surface area contributed by atoms with E-state index in [1.807, 2.05) is 20.8 Å². The van der Waals surface area contributed by atoms with E-state index in [4.69, 9.17) is 0 Å². The van der Waals surface area contributed by atoms with Crippen molar-refractivity contribution in [3.8, 4) is 0 Å². The highest BCUT2D eigenvalue weighted by Gasteiger charge is 2.41. The summed E-state index contributed by atoms with van der Waals surface area (Å²) in [6.07, 6.45) is 2.94. The van der Waals surface area contributed by atoms with Gasteiger partial charge in [0.25, 0.3) is 10.2 Å². The topological polar surface area (TPSA) is 96.3 Å². The van der Waals surface area contributed by atoms with Gasteiger partial charge in [0.1, 0.15) is 6.04 Å². The van der Waals surface area contributed by atoms with Gasteiger partial charge < -0.3 is 5.32 Å². The van der Waals surface area contributed by atoms with Crippen molar-refractivity contribution in [1.82, 2.24) is 24.1 Å².